The molecule has 0 aliphatic heterocycles. The molecule has 0 aromatic carbocycles. The topological polar surface area (TPSA) is 78.8 Å². The van der Waals surface area contributed by atoms with E-state index in [1.807, 2.05) is 13.8 Å². The fraction of sp³-hybridized carbons (Fsp3) is 1.00. The van der Waals surface area contributed by atoms with Gasteiger partial charge in [0.05, 0.1) is 6.61 Å². The summed E-state index contributed by atoms with van der Waals surface area (Å²) in [5.41, 5.74) is -0.195. The van der Waals surface area contributed by atoms with Crippen molar-refractivity contribution in [2.24, 2.45) is 5.41 Å². The molecule has 0 saturated heterocycles. The Labute approximate surface area is 97.8 Å². The summed E-state index contributed by atoms with van der Waals surface area (Å²) in [5, 5.41) is 3.22. The molecule has 98 valence electrons. The molecular formula is C10H24NO4P. The Morgan fingerprint density at radius 3 is 2.06 bits per heavy atom. The van der Waals surface area contributed by atoms with Crippen LogP contribution in [0.5, 0.6) is 0 Å². The van der Waals surface area contributed by atoms with Crippen molar-refractivity contribution in [3.8, 4) is 0 Å². The first-order valence-electron chi connectivity index (χ1n) is 5.36. The highest BCUT2D eigenvalue weighted by molar-refractivity contribution is 7.46. The SMILES string of the molecule is CC(C)(C)CCNC(C)(C)COP(=O)(O)O. The first-order chi connectivity index (χ1) is 6.91. The molecule has 0 spiro atoms. The van der Waals surface area contributed by atoms with Gasteiger partial charge in [-0.3, -0.25) is 4.52 Å². The number of phosphoric acid groups is 1. The minimum atomic E-state index is -4.37. The van der Waals surface area contributed by atoms with E-state index in [1.165, 1.54) is 0 Å². The number of rotatable bonds is 6. The fourth-order valence-corrected chi connectivity index (χ4v) is 1.56. The van der Waals surface area contributed by atoms with E-state index in [0.717, 1.165) is 13.0 Å². The second-order valence-corrected chi connectivity index (χ2v) is 7.12. The van der Waals surface area contributed by atoms with Gasteiger partial charge in [-0.1, -0.05) is 20.8 Å². The Bertz CT molecular complexity index is 254. The van der Waals surface area contributed by atoms with Crippen LogP contribution in [-0.2, 0) is 9.09 Å². The zero-order valence-corrected chi connectivity index (χ0v) is 11.7. The molecule has 0 aromatic heterocycles. The summed E-state index contributed by atoms with van der Waals surface area (Å²) in [7, 11) is -4.37. The van der Waals surface area contributed by atoms with Crippen LogP contribution < -0.4 is 5.32 Å². The summed E-state index contributed by atoms with van der Waals surface area (Å²) in [6.07, 6.45) is 0.992. The van der Waals surface area contributed by atoms with E-state index >= 15 is 0 Å². The van der Waals surface area contributed by atoms with Crippen molar-refractivity contribution in [2.75, 3.05) is 13.2 Å². The van der Waals surface area contributed by atoms with Crippen molar-refractivity contribution >= 4 is 7.82 Å². The molecule has 0 fully saturated rings. The van der Waals surface area contributed by atoms with Crippen LogP contribution in [0.3, 0.4) is 0 Å². The molecule has 16 heavy (non-hydrogen) atoms. The molecule has 0 radical (unpaired) electrons. The Morgan fingerprint density at radius 2 is 1.69 bits per heavy atom. The van der Waals surface area contributed by atoms with Crippen LogP contribution in [0, 0.1) is 5.41 Å². The molecule has 0 atom stereocenters. The van der Waals surface area contributed by atoms with Crippen LogP contribution in [0.4, 0.5) is 0 Å². The predicted molar refractivity (Wildman–Crippen MR) is 64.1 cm³/mol. The van der Waals surface area contributed by atoms with Crippen molar-refractivity contribution in [3.63, 3.8) is 0 Å². The highest BCUT2D eigenvalue weighted by Crippen LogP contribution is 2.36. The molecule has 6 heteroatoms. The van der Waals surface area contributed by atoms with Gasteiger partial charge in [0.2, 0.25) is 0 Å². The average molecular weight is 253 g/mol. The molecule has 0 rings (SSSR count). The van der Waals surface area contributed by atoms with Crippen LogP contribution in [0.2, 0.25) is 0 Å². The molecule has 0 amide bonds. The zero-order valence-electron chi connectivity index (χ0n) is 10.8. The van der Waals surface area contributed by atoms with Crippen LogP contribution in [-0.4, -0.2) is 28.5 Å². The van der Waals surface area contributed by atoms with E-state index < -0.39 is 13.4 Å². The van der Waals surface area contributed by atoms with Gasteiger partial charge in [-0.2, -0.15) is 0 Å². The maximum Gasteiger partial charge on any atom is 0.469 e. The molecule has 3 N–H and O–H groups in total. The van der Waals surface area contributed by atoms with Gasteiger partial charge in [-0.05, 0) is 32.2 Å². The molecule has 0 aromatic rings. The predicted octanol–water partition coefficient (Wildman–Crippen LogP) is 1.90. The second kappa shape index (κ2) is 5.61. The van der Waals surface area contributed by atoms with Crippen LogP contribution in [0.1, 0.15) is 41.0 Å². The van der Waals surface area contributed by atoms with Crippen LogP contribution >= 0.6 is 7.82 Å². The Kier molecular flexibility index (Phi) is 5.63. The Balaban J connectivity index is 3.92. The third kappa shape index (κ3) is 10.6. The van der Waals surface area contributed by atoms with E-state index in [2.05, 4.69) is 30.6 Å². The number of phosphoric ester groups is 1. The zero-order chi connectivity index (χ0) is 13.0. The molecule has 0 saturated carbocycles. The first kappa shape index (κ1) is 16.1. The third-order valence-electron chi connectivity index (χ3n) is 2.07. The highest BCUT2D eigenvalue weighted by atomic mass is 31.2. The van der Waals surface area contributed by atoms with E-state index in [0.29, 0.717) is 0 Å². The van der Waals surface area contributed by atoms with E-state index in [1.54, 1.807) is 0 Å². The van der Waals surface area contributed by atoms with Gasteiger partial charge in [0.25, 0.3) is 0 Å². The molecule has 5 nitrogen and oxygen atoms in total. The van der Waals surface area contributed by atoms with Gasteiger partial charge in [-0.25, -0.2) is 4.57 Å². The quantitative estimate of drug-likeness (QED) is 0.630. The van der Waals surface area contributed by atoms with Crippen molar-refractivity contribution in [1.82, 2.24) is 5.32 Å². The molecule has 0 aliphatic carbocycles. The van der Waals surface area contributed by atoms with Gasteiger partial charge in [0, 0.05) is 5.54 Å². The Hall–Kier alpha value is 0.0700. The summed E-state index contributed by atoms with van der Waals surface area (Å²) in [6, 6.07) is 0. The maximum atomic E-state index is 10.6. The van der Waals surface area contributed by atoms with Gasteiger partial charge >= 0.3 is 7.82 Å². The maximum absolute atomic E-state index is 10.6. The molecule has 0 unspecified atom stereocenters. The van der Waals surface area contributed by atoms with Crippen LogP contribution in [0.25, 0.3) is 0 Å². The summed E-state index contributed by atoms with van der Waals surface area (Å²) < 4.78 is 15.0. The second-order valence-electron chi connectivity index (χ2n) is 5.89. The first-order valence-corrected chi connectivity index (χ1v) is 6.89. The third-order valence-corrected chi connectivity index (χ3v) is 2.54. The van der Waals surface area contributed by atoms with Crippen molar-refractivity contribution in [3.05, 3.63) is 0 Å². The Morgan fingerprint density at radius 1 is 1.19 bits per heavy atom. The summed E-state index contributed by atoms with van der Waals surface area (Å²) in [4.78, 5) is 17.2. The average Bonchev–Trinajstić information content (AvgIpc) is 1.97. The smallest absolute Gasteiger partial charge is 0.310 e. The van der Waals surface area contributed by atoms with Crippen molar-refractivity contribution in [2.45, 2.75) is 46.6 Å². The molecule has 0 bridgehead atoms. The van der Waals surface area contributed by atoms with Gasteiger partial charge in [0.15, 0.2) is 0 Å². The number of hydrogen-bond acceptors (Lipinski definition) is 3. The van der Waals surface area contributed by atoms with E-state index in [4.69, 9.17) is 9.79 Å². The fourth-order valence-electron chi connectivity index (χ4n) is 1.07. The summed E-state index contributed by atoms with van der Waals surface area (Å²) in [6.45, 7) is 10.9. The lowest BCUT2D eigenvalue weighted by atomic mass is 9.92. The van der Waals surface area contributed by atoms with Gasteiger partial charge < -0.3 is 15.1 Å². The summed E-state index contributed by atoms with van der Waals surface area (Å²) >= 11 is 0. The standard InChI is InChI=1S/C10H24NO4P/c1-9(2,3)6-7-11-10(4,5)8-15-16(12,13)14/h11H,6-8H2,1-5H3,(H2,12,13,14). The van der Waals surface area contributed by atoms with E-state index in [9.17, 15) is 4.57 Å². The van der Waals surface area contributed by atoms with Crippen LogP contribution in [0.15, 0.2) is 0 Å². The monoisotopic (exact) mass is 253 g/mol. The highest BCUT2D eigenvalue weighted by Gasteiger charge is 2.24. The lowest BCUT2D eigenvalue weighted by molar-refractivity contribution is 0.146. The van der Waals surface area contributed by atoms with Crippen molar-refractivity contribution < 1.29 is 18.9 Å². The largest absolute Gasteiger partial charge is 0.469 e. The lowest BCUT2D eigenvalue weighted by Crippen LogP contribution is -2.44. The lowest BCUT2D eigenvalue weighted by Gasteiger charge is -2.28. The van der Waals surface area contributed by atoms with Gasteiger partial charge in [-0.15, -0.1) is 0 Å². The molecule has 0 aliphatic rings. The normalized spacial score (nSPS) is 14.2. The van der Waals surface area contributed by atoms with E-state index in [-0.39, 0.29) is 12.0 Å². The number of hydrogen-bond donors (Lipinski definition) is 3. The van der Waals surface area contributed by atoms with Gasteiger partial charge in [0.1, 0.15) is 0 Å². The summed E-state index contributed by atoms with van der Waals surface area (Å²) in [5.74, 6) is 0. The molecule has 0 heterocycles. The number of nitrogens with one attached hydrogen (secondary N) is 1. The minimum Gasteiger partial charge on any atom is -0.310 e. The van der Waals surface area contributed by atoms with Crippen molar-refractivity contribution in [1.29, 1.82) is 0 Å². The molecular weight excluding hydrogens is 229 g/mol. The minimum absolute atomic E-state index is 0.0125.